The standard InChI is InChI=1S/C23H39N2O2.3C4H9.Sn/c1-20(2)25(21(3)4)23(26)24(5)17-13-8-6-7-9-14-18-27-19-22-15-11-10-12-16-22;3*1-3-4-2;/h10-12,15-17,20-21H,6-9,13-14,18-19H2,1-5H3;3*1,3-4H2,2H3;. The van der Waals surface area contributed by atoms with E-state index in [9.17, 15) is 4.79 Å². The number of hydrogen-bond donors (Lipinski definition) is 0. The van der Waals surface area contributed by atoms with Crippen LogP contribution in [0, 0.1) is 0 Å². The molecule has 0 bridgehead atoms. The molecule has 1 unspecified atom stereocenters. The van der Waals surface area contributed by atoms with Crippen molar-refractivity contribution in [3.8, 4) is 0 Å². The summed E-state index contributed by atoms with van der Waals surface area (Å²) in [5, 5.41) is 0. The number of urea groups is 1. The van der Waals surface area contributed by atoms with Crippen molar-refractivity contribution in [2.24, 2.45) is 0 Å². The molecule has 0 heterocycles. The normalized spacial score (nSPS) is 12.8. The van der Waals surface area contributed by atoms with Crippen LogP contribution in [-0.2, 0) is 11.3 Å². The molecule has 1 aromatic rings. The van der Waals surface area contributed by atoms with E-state index in [-0.39, 0.29) is 18.1 Å². The van der Waals surface area contributed by atoms with Crippen LogP contribution in [0.25, 0.3) is 0 Å². The predicted molar refractivity (Wildman–Crippen MR) is 178 cm³/mol. The summed E-state index contributed by atoms with van der Waals surface area (Å²) in [6, 6.07) is 11.2. The topological polar surface area (TPSA) is 32.8 Å². The quantitative estimate of drug-likeness (QED) is 0.0861. The molecule has 1 aromatic carbocycles. The zero-order chi connectivity index (χ0) is 29.8. The van der Waals surface area contributed by atoms with Crippen molar-refractivity contribution >= 4 is 24.4 Å². The van der Waals surface area contributed by atoms with Gasteiger partial charge in [0.2, 0.25) is 0 Å². The Morgan fingerprint density at radius 1 is 0.750 bits per heavy atom. The first kappa shape index (κ1) is 37.3. The molecule has 0 aromatic heterocycles. The van der Waals surface area contributed by atoms with E-state index in [0.29, 0.717) is 4.06 Å². The van der Waals surface area contributed by atoms with E-state index in [1.54, 1.807) is 0 Å². The Balaban J connectivity index is 2.90. The number of carbonyl (C=O) groups is 1. The van der Waals surface area contributed by atoms with E-state index in [1.807, 2.05) is 0 Å². The molecular weight excluding hydrogens is 599 g/mol. The Morgan fingerprint density at radius 3 is 1.75 bits per heavy atom. The first-order valence-electron chi connectivity index (χ1n) is 16.9. The van der Waals surface area contributed by atoms with E-state index >= 15 is 0 Å². The number of benzene rings is 1. The van der Waals surface area contributed by atoms with Crippen molar-refractivity contribution in [1.29, 1.82) is 0 Å². The van der Waals surface area contributed by atoms with Crippen LogP contribution in [0.3, 0.4) is 0 Å². The van der Waals surface area contributed by atoms with Gasteiger partial charge in [0.15, 0.2) is 0 Å². The van der Waals surface area contributed by atoms with Gasteiger partial charge in [-0.15, -0.1) is 0 Å². The Labute approximate surface area is 253 Å². The number of hydrogen-bond acceptors (Lipinski definition) is 2. The van der Waals surface area contributed by atoms with Crippen LogP contribution >= 0.6 is 0 Å². The number of carbonyl (C=O) groups excluding carboxylic acids is 1. The molecule has 1 rings (SSSR count). The van der Waals surface area contributed by atoms with Gasteiger partial charge in [0.05, 0.1) is 0 Å². The van der Waals surface area contributed by atoms with Gasteiger partial charge in [-0.05, 0) is 0 Å². The molecule has 0 saturated heterocycles. The summed E-state index contributed by atoms with van der Waals surface area (Å²) < 4.78 is 10.8. The Kier molecular flexibility index (Phi) is 20.4. The van der Waals surface area contributed by atoms with Crippen molar-refractivity contribution in [3.05, 3.63) is 35.9 Å². The van der Waals surface area contributed by atoms with Gasteiger partial charge in [0.1, 0.15) is 0 Å². The van der Waals surface area contributed by atoms with E-state index in [4.69, 9.17) is 4.74 Å². The molecule has 1 atom stereocenters. The molecule has 4 nitrogen and oxygen atoms in total. The molecule has 0 aliphatic carbocycles. The zero-order valence-electron chi connectivity index (χ0n) is 27.9. The fourth-order valence-corrected chi connectivity index (χ4v) is 25.6. The van der Waals surface area contributed by atoms with Crippen molar-refractivity contribution < 1.29 is 9.53 Å². The van der Waals surface area contributed by atoms with Gasteiger partial charge in [-0.3, -0.25) is 0 Å². The van der Waals surface area contributed by atoms with E-state index in [2.05, 4.69) is 95.6 Å². The van der Waals surface area contributed by atoms with Gasteiger partial charge in [-0.25, -0.2) is 0 Å². The molecule has 232 valence electrons. The Hall–Kier alpha value is -0.751. The van der Waals surface area contributed by atoms with Crippen LogP contribution in [0.5, 0.6) is 0 Å². The maximum atomic E-state index is 14.0. The zero-order valence-corrected chi connectivity index (χ0v) is 30.7. The van der Waals surface area contributed by atoms with Crippen molar-refractivity contribution in [2.75, 3.05) is 13.7 Å². The van der Waals surface area contributed by atoms with E-state index < -0.39 is 18.4 Å². The molecule has 40 heavy (non-hydrogen) atoms. The van der Waals surface area contributed by atoms with Gasteiger partial charge in [-0.1, -0.05) is 18.2 Å². The summed E-state index contributed by atoms with van der Waals surface area (Å²) in [6.45, 7) is 17.3. The van der Waals surface area contributed by atoms with Gasteiger partial charge >= 0.3 is 237 Å². The summed E-state index contributed by atoms with van der Waals surface area (Å²) in [6.07, 6.45) is 15.3. The second kappa shape index (κ2) is 21.9. The second-order valence-electron chi connectivity index (χ2n) is 12.8. The number of ether oxygens (including phenoxy) is 1. The minimum atomic E-state index is -2.67. The summed E-state index contributed by atoms with van der Waals surface area (Å²) in [5.41, 5.74) is 1.25. The number of unbranched alkanes of at least 4 members (excludes halogenated alkanes) is 7. The maximum absolute atomic E-state index is 14.0. The molecule has 0 saturated carbocycles. The summed E-state index contributed by atoms with van der Waals surface area (Å²) in [7, 11) is 2.17. The SMILES string of the molecule is CCC[CH2][Sn]([CH2]CCC)([CH2]CCC)[CH](CCCCCCCOCc1ccccc1)N(C)C(=O)N(C(C)C)C(C)C. The van der Waals surface area contributed by atoms with Crippen molar-refractivity contribution in [3.63, 3.8) is 0 Å². The molecule has 0 aliphatic heterocycles. The van der Waals surface area contributed by atoms with Crippen molar-refractivity contribution in [2.45, 2.75) is 162 Å². The minimum absolute atomic E-state index is 0.228. The third-order valence-corrected chi connectivity index (χ3v) is 26.3. The first-order valence-corrected chi connectivity index (χ1v) is 24.6. The van der Waals surface area contributed by atoms with Gasteiger partial charge < -0.3 is 0 Å². The molecule has 0 spiro atoms. The Bertz CT molecular complexity index is 725. The fraction of sp³-hybridized carbons (Fsp3) is 0.800. The van der Waals surface area contributed by atoms with Crippen LogP contribution in [0.1, 0.15) is 131 Å². The number of rotatable bonds is 23. The van der Waals surface area contributed by atoms with Crippen LogP contribution < -0.4 is 0 Å². The van der Waals surface area contributed by atoms with Crippen LogP contribution in [0.15, 0.2) is 30.3 Å². The monoisotopic (exact) mass is 666 g/mol. The van der Waals surface area contributed by atoms with Crippen LogP contribution in [0.4, 0.5) is 4.79 Å². The van der Waals surface area contributed by atoms with Gasteiger partial charge in [0, 0.05) is 0 Å². The number of amides is 2. The molecule has 2 amide bonds. The van der Waals surface area contributed by atoms with E-state index in [0.717, 1.165) is 19.6 Å². The average Bonchev–Trinajstić information content (AvgIpc) is 2.94. The van der Waals surface area contributed by atoms with Crippen LogP contribution in [0.2, 0.25) is 13.3 Å². The molecule has 0 radical (unpaired) electrons. The molecular formula is C35H66N2O2Sn. The summed E-state index contributed by atoms with van der Waals surface area (Å²) in [4.78, 5) is 18.5. The van der Waals surface area contributed by atoms with Gasteiger partial charge in [-0.2, -0.15) is 0 Å². The van der Waals surface area contributed by atoms with Crippen LogP contribution in [-0.4, -0.2) is 64.0 Å². The second-order valence-corrected chi connectivity index (χ2v) is 26.7. The average molecular weight is 666 g/mol. The van der Waals surface area contributed by atoms with Gasteiger partial charge in [0.25, 0.3) is 0 Å². The summed E-state index contributed by atoms with van der Waals surface area (Å²) in [5.74, 6) is 0. The Morgan fingerprint density at radius 2 is 1.25 bits per heavy atom. The molecule has 0 fully saturated rings. The third-order valence-electron chi connectivity index (χ3n) is 8.77. The molecule has 0 aliphatic rings. The van der Waals surface area contributed by atoms with Crippen molar-refractivity contribution in [1.82, 2.24) is 9.80 Å². The first-order chi connectivity index (χ1) is 19.2. The third kappa shape index (κ3) is 13.5. The predicted octanol–water partition coefficient (Wildman–Crippen LogP) is 10.5. The fourth-order valence-electron chi connectivity index (χ4n) is 6.56. The molecule has 5 heteroatoms. The number of nitrogens with zero attached hydrogens (tertiary/aromatic N) is 2. The van der Waals surface area contributed by atoms with E-state index in [1.165, 1.54) is 89.5 Å². The summed E-state index contributed by atoms with van der Waals surface area (Å²) >= 11 is -2.67. The molecule has 0 N–H and O–H groups in total.